The number of hydrogen-bond donors (Lipinski definition) is 1. The quantitative estimate of drug-likeness (QED) is 0.807. The van der Waals surface area contributed by atoms with Crippen molar-refractivity contribution in [3.05, 3.63) is 0 Å². The summed E-state index contributed by atoms with van der Waals surface area (Å²) in [7, 11) is 4.20. The third kappa shape index (κ3) is 10.2. The lowest BCUT2D eigenvalue weighted by molar-refractivity contribution is -0.0189. The maximum atomic E-state index is 9.78. The summed E-state index contributed by atoms with van der Waals surface area (Å²) < 4.78 is 0. The molecule has 2 aliphatic heterocycles. The molecular formula is C18H37N3O. The predicted molar refractivity (Wildman–Crippen MR) is 93.8 cm³/mol. The van der Waals surface area contributed by atoms with Gasteiger partial charge < -0.3 is 14.9 Å². The van der Waals surface area contributed by atoms with Gasteiger partial charge in [-0.25, -0.2) is 0 Å². The van der Waals surface area contributed by atoms with Crippen molar-refractivity contribution < 1.29 is 5.11 Å². The summed E-state index contributed by atoms with van der Waals surface area (Å²) in [6.45, 7) is 8.31. The Labute approximate surface area is 138 Å². The van der Waals surface area contributed by atoms with E-state index in [1.54, 1.807) is 0 Å². The highest BCUT2D eigenvalue weighted by molar-refractivity contribution is 4.93. The van der Waals surface area contributed by atoms with Crippen molar-refractivity contribution in [3.63, 3.8) is 0 Å². The smallest absolute Gasteiger partial charge is 0.0903 e. The van der Waals surface area contributed by atoms with Gasteiger partial charge >= 0.3 is 0 Å². The van der Waals surface area contributed by atoms with E-state index in [9.17, 15) is 5.11 Å². The average Bonchev–Trinajstić information content (AvgIpc) is 2.45. The first-order valence-corrected chi connectivity index (χ1v) is 9.02. The zero-order valence-corrected chi connectivity index (χ0v) is 15.3. The Bertz CT molecular complexity index is 295. The first-order chi connectivity index (χ1) is 10.6. The summed E-state index contributed by atoms with van der Waals surface area (Å²) >= 11 is 0. The maximum absolute atomic E-state index is 9.78. The minimum absolute atomic E-state index is 0.261. The standard InChI is InChI=1S/C8H14N2O.C8H17N.C2H6/c1-10-6-2-3-8(11,7-10)4-5-9;1-9-7-5-3-2-4-6-8-9;1-2/h11H,2-4,6-7H2,1H3;2-8H2,1H3;1-2H3. The van der Waals surface area contributed by atoms with E-state index >= 15 is 0 Å². The maximum Gasteiger partial charge on any atom is 0.0903 e. The second-order valence-corrected chi connectivity index (χ2v) is 6.47. The number of hydrogen-bond acceptors (Lipinski definition) is 4. The minimum atomic E-state index is -0.734. The molecule has 0 aromatic heterocycles. The van der Waals surface area contributed by atoms with Crippen molar-refractivity contribution in [2.24, 2.45) is 0 Å². The molecule has 0 bridgehead atoms. The predicted octanol–water partition coefficient (Wildman–Crippen LogP) is 3.27. The van der Waals surface area contributed by atoms with E-state index in [-0.39, 0.29) is 6.42 Å². The monoisotopic (exact) mass is 311 g/mol. The van der Waals surface area contributed by atoms with E-state index in [1.165, 1.54) is 45.2 Å². The number of nitrogens with zero attached hydrogens (tertiary/aromatic N) is 3. The highest BCUT2D eigenvalue weighted by Crippen LogP contribution is 2.22. The molecule has 0 radical (unpaired) electrons. The van der Waals surface area contributed by atoms with E-state index in [0.717, 1.165) is 19.4 Å². The fraction of sp³-hybridized carbons (Fsp3) is 0.944. The van der Waals surface area contributed by atoms with Crippen molar-refractivity contribution in [1.29, 1.82) is 5.26 Å². The van der Waals surface area contributed by atoms with Crippen molar-refractivity contribution in [3.8, 4) is 6.07 Å². The van der Waals surface area contributed by atoms with Gasteiger partial charge in [0.25, 0.3) is 0 Å². The molecule has 0 aromatic carbocycles. The molecule has 1 atom stereocenters. The second-order valence-electron chi connectivity index (χ2n) is 6.47. The van der Waals surface area contributed by atoms with Gasteiger partial charge in [0.15, 0.2) is 0 Å². The molecule has 0 aliphatic carbocycles. The summed E-state index contributed by atoms with van der Waals surface area (Å²) in [5, 5.41) is 18.2. The van der Waals surface area contributed by atoms with Crippen LogP contribution in [0.4, 0.5) is 0 Å². The zero-order chi connectivity index (χ0) is 16.8. The molecule has 0 saturated carbocycles. The van der Waals surface area contributed by atoms with Crippen LogP contribution in [0.2, 0.25) is 0 Å². The van der Waals surface area contributed by atoms with E-state index in [1.807, 2.05) is 27.0 Å². The number of aliphatic hydroxyl groups is 1. The third-order valence-corrected chi connectivity index (χ3v) is 4.23. The Morgan fingerprint density at radius 2 is 1.41 bits per heavy atom. The molecule has 2 heterocycles. The summed E-state index contributed by atoms with van der Waals surface area (Å²) in [5.41, 5.74) is -0.734. The minimum Gasteiger partial charge on any atom is -0.387 e. The highest BCUT2D eigenvalue weighted by Gasteiger charge is 2.31. The zero-order valence-electron chi connectivity index (χ0n) is 15.3. The van der Waals surface area contributed by atoms with Crippen LogP contribution in [0.5, 0.6) is 0 Å². The number of rotatable bonds is 1. The van der Waals surface area contributed by atoms with Crippen LogP contribution >= 0.6 is 0 Å². The number of nitriles is 1. The molecule has 0 amide bonds. The fourth-order valence-electron chi connectivity index (χ4n) is 3.04. The molecule has 1 unspecified atom stereocenters. The van der Waals surface area contributed by atoms with Gasteiger partial charge in [-0.1, -0.05) is 33.1 Å². The summed E-state index contributed by atoms with van der Waals surface area (Å²) in [5.74, 6) is 0. The number of piperidine rings is 1. The molecule has 2 aliphatic rings. The first-order valence-electron chi connectivity index (χ1n) is 9.02. The van der Waals surface area contributed by atoms with Crippen LogP contribution < -0.4 is 0 Å². The van der Waals surface area contributed by atoms with Crippen molar-refractivity contribution in [1.82, 2.24) is 9.80 Å². The number of β-amino-alcohol motifs (C(OH)–C–C–N with tert-alkyl or cyclic N) is 1. The van der Waals surface area contributed by atoms with Crippen molar-refractivity contribution >= 4 is 0 Å². The Balaban J connectivity index is 0.000000366. The van der Waals surface area contributed by atoms with Gasteiger partial charge in [-0.05, 0) is 59.4 Å². The molecule has 22 heavy (non-hydrogen) atoms. The Morgan fingerprint density at radius 1 is 0.909 bits per heavy atom. The molecule has 2 saturated heterocycles. The SMILES string of the molecule is CC.CN1CCCC(O)(CC#N)C1.CN1CCCCCCC1. The molecule has 2 rings (SSSR count). The van der Waals surface area contributed by atoms with Gasteiger partial charge in [0, 0.05) is 6.54 Å². The molecule has 1 N–H and O–H groups in total. The Kier molecular flexibility index (Phi) is 12.5. The molecule has 130 valence electrons. The van der Waals surface area contributed by atoms with Crippen molar-refractivity contribution in [2.45, 2.75) is 70.8 Å². The van der Waals surface area contributed by atoms with Crippen molar-refractivity contribution in [2.75, 3.05) is 40.3 Å². The summed E-state index contributed by atoms with van der Waals surface area (Å²) in [6, 6.07) is 2.02. The first kappa shape index (κ1) is 21.4. The second kappa shape index (κ2) is 12.9. The van der Waals surface area contributed by atoms with Gasteiger partial charge in [-0.15, -0.1) is 0 Å². The van der Waals surface area contributed by atoms with E-state index < -0.39 is 5.60 Å². The number of likely N-dealkylation sites (N-methyl/N-ethyl adjacent to an activating group) is 1. The van der Waals surface area contributed by atoms with E-state index in [2.05, 4.69) is 16.8 Å². The molecule has 4 heteroatoms. The lowest BCUT2D eigenvalue weighted by atomic mass is 9.90. The summed E-state index contributed by atoms with van der Waals surface area (Å²) in [6.07, 6.45) is 9.21. The topological polar surface area (TPSA) is 50.5 Å². The van der Waals surface area contributed by atoms with Gasteiger partial charge in [0.05, 0.1) is 18.1 Å². The van der Waals surface area contributed by atoms with Gasteiger partial charge in [0.2, 0.25) is 0 Å². The normalized spacial score (nSPS) is 27.1. The Hall–Kier alpha value is -0.630. The van der Waals surface area contributed by atoms with Crippen LogP contribution in [-0.2, 0) is 0 Å². The van der Waals surface area contributed by atoms with Crippen LogP contribution in [0.3, 0.4) is 0 Å². The van der Waals surface area contributed by atoms with E-state index in [4.69, 9.17) is 5.26 Å². The number of likely N-dealkylation sites (tertiary alicyclic amines) is 2. The average molecular weight is 312 g/mol. The molecule has 4 nitrogen and oxygen atoms in total. The molecular weight excluding hydrogens is 274 g/mol. The molecule has 0 aromatic rings. The van der Waals surface area contributed by atoms with E-state index in [0.29, 0.717) is 6.54 Å². The third-order valence-electron chi connectivity index (χ3n) is 4.23. The van der Waals surface area contributed by atoms with Crippen LogP contribution in [0, 0.1) is 11.3 Å². The van der Waals surface area contributed by atoms with Gasteiger partial charge in [-0.2, -0.15) is 5.26 Å². The molecule has 0 spiro atoms. The largest absolute Gasteiger partial charge is 0.387 e. The molecule has 2 fully saturated rings. The lowest BCUT2D eigenvalue weighted by Gasteiger charge is -2.35. The fourth-order valence-corrected chi connectivity index (χ4v) is 3.04. The van der Waals surface area contributed by atoms with Crippen LogP contribution in [0.1, 0.15) is 65.2 Å². The van der Waals surface area contributed by atoms with Gasteiger partial charge in [-0.3, -0.25) is 0 Å². The van der Waals surface area contributed by atoms with Crippen LogP contribution in [0.25, 0.3) is 0 Å². The lowest BCUT2D eigenvalue weighted by Crippen LogP contribution is -2.46. The highest BCUT2D eigenvalue weighted by atomic mass is 16.3. The Morgan fingerprint density at radius 3 is 1.91 bits per heavy atom. The van der Waals surface area contributed by atoms with Crippen LogP contribution in [-0.4, -0.2) is 60.8 Å². The van der Waals surface area contributed by atoms with Crippen LogP contribution in [0.15, 0.2) is 0 Å². The summed E-state index contributed by atoms with van der Waals surface area (Å²) in [4.78, 5) is 4.51. The van der Waals surface area contributed by atoms with Gasteiger partial charge in [0.1, 0.15) is 0 Å².